The molecule has 1 aromatic heterocycles. The summed E-state index contributed by atoms with van der Waals surface area (Å²) in [4.78, 5) is 16.4. The molecule has 1 saturated heterocycles. The van der Waals surface area contributed by atoms with Crippen LogP contribution in [0.2, 0.25) is 0 Å². The van der Waals surface area contributed by atoms with Gasteiger partial charge >= 0.3 is 18.3 Å². The van der Waals surface area contributed by atoms with Crippen LogP contribution in [0.4, 0.5) is 26.3 Å². The number of para-hydroxylation sites is 1. The van der Waals surface area contributed by atoms with Gasteiger partial charge in [-0.2, -0.15) is 26.3 Å². The Bertz CT molecular complexity index is 1170. The average molecular weight is 552 g/mol. The summed E-state index contributed by atoms with van der Waals surface area (Å²) in [5, 5.41) is 43.3. The van der Waals surface area contributed by atoms with Gasteiger partial charge in [-0.05, 0) is 31.5 Å². The van der Waals surface area contributed by atoms with Crippen LogP contribution < -0.4 is 5.32 Å². The fourth-order valence-electron chi connectivity index (χ4n) is 5.05. The molecule has 8 nitrogen and oxygen atoms in total. The van der Waals surface area contributed by atoms with Crippen molar-refractivity contribution in [3.05, 3.63) is 41.1 Å². The van der Waals surface area contributed by atoms with Crippen LogP contribution in [0.5, 0.6) is 0 Å². The van der Waals surface area contributed by atoms with Crippen LogP contribution in [0.25, 0.3) is 10.9 Å². The van der Waals surface area contributed by atoms with E-state index in [2.05, 4.69) is 10.3 Å². The molecule has 2 aliphatic rings. The normalized spacial score (nSPS) is 29.7. The highest BCUT2D eigenvalue weighted by molar-refractivity contribution is 5.87. The highest BCUT2D eigenvalue weighted by Gasteiger charge is 2.50. The number of halogens is 6. The summed E-state index contributed by atoms with van der Waals surface area (Å²) < 4.78 is 88.0. The molecule has 5 N–H and O–H groups in total. The van der Waals surface area contributed by atoms with E-state index in [0.717, 1.165) is 12.1 Å². The van der Waals surface area contributed by atoms with E-state index < -0.39 is 89.6 Å². The molecule has 0 radical (unpaired) electrons. The number of benzene rings is 1. The topological polar surface area (TPSA) is 132 Å². The zero-order valence-corrected chi connectivity index (χ0v) is 19.8. The predicted octanol–water partition coefficient (Wildman–Crippen LogP) is 2.61. The molecule has 38 heavy (non-hydrogen) atoms. The number of carbonyl (C=O) groups is 1. The number of ether oxygens (including phenoxy) is 1. The number of rotatable bonds is 4. The molecule has 4 atom stereocenters. The third-order valence-corrected chi connectivity index (χ3v) is 6.98. The van der Waals surface area contributed by atoms with E-state index in [0.29, 0.717) is 31.5 Å². The maximum absolute atomic E-state index is 13.8. The number of nitrogens with zero attached hydrogens (tertiary/aromatic N) is 1. The Labute approximate surface area is 212 Å². The van der Waals surface area contributed by atoms with E-state index in [-0.39, 0.29) is 11.8 Å². The molecule has 1 saturated carbocycles. The first-order valence-electron chi connectivity index (χ1n) is 11.9. The molecular weight excluding hydrogens is 526 g/mol. The lowest BCUT2D eigenvalue weighted by Crippen LogP contribution is -2.57. The van der Waals surface area contributed by atoms with Gasteiger partial charge in [0.15, 0.2) is 5.60 Å². The first-order chi connectivity index (χ1) is 17.6. The average Bonchev–Trinajstić information content (AvgIpc) is 2.84. The van der Waals surface area contributed by atoms with Crippen molar-refractivity contribution in [2.24, 2.45) is 0 Å². The molecule has 4 rings (SSSR count). The Morgan fingerprint density at radius 1 is 1.05 bits per heavy atom. The molecule has 1 aliphatic carbocycles. The number of hydrogen-bond donors (Lipinski definition) is 5. The van der Waals surface area contributed by atoms with Gasteiger partial charge in [0.2, 0.25) is 0 Å². The van der Waals surface area contributed by atoms with Crippen molar-refractivity contribution in [3.63, 3.8) is 0 Å². The molecule has 14 heteroatoms. The van der Waals surface area contributed by atoms with Gasteiger partial charge in [0.1, 0.15) is 17.9 Å². The second kappa shape index (κ2) is 10.2. The largest absolute Gasteiger partial charge is 0.454 e. The zero-order valence-electron chi connectivity index (χ0n) is 19.8. The van der Waals surface area contributed by atoms with Crippen LogP contribution in [0.15, 0.2) is 24.3 Å². The first kappa shape index (κ1) is 28.5. The summed E-state index contributed by atoms with van der Waals surface area (Å²) in [6, 6.07) is 2.42. The van der Waals surface area contributed by atoms with Gasteiger partial charge in [0, 0.05) is 29.8 Å². The van der Waals surface area contributed by atoms with Crippen LogP contribution in [0.3, 0.4) is 0 Å². The summed E-state index contributed by atoms with van der Waals surface area (Å²) in [6.07, 6.45) is -16.8. The standard InChI is InChI=1S/C24H26F6N2O6/c25-23(26,27)13-5-3-4-11-12(8-17(24(28,29)30)32-18(11)13)20(14-6-1-2-7-31-14)38-21(36)22(37)9-15(33)19(35)16(34)10-22/h3-5,8,14-16,19-20,31,33-35,37H,1-2,6-7,9-10H2/t14?,15-,16-,19?,20?,22?/m1/s1. The minimum absolute atomic E-state index is 0.282. The summed E-state index contributed by atoms with van der Waals surface area (Å²) in [6.45, 7) is 0.384. The highest BCUT2D eigenvalue weighted by atomic mass is 19.4. The minimum atomic E-state index is -5.14. The third kappa shape index (κ3) is 5.59. The van der Waals surface area contributed by atoms with Crippen LogP contribution in [-0.4, -0.2) is 67.9 Å². The van der Waals surface area contributed by atoms with Gasteiger partial charge in [-0.15, -0.1) is 0 Å². The van der Waals surface area contributed by atoms with Gasteiger partial charge in [0.25, 0.3) is 0 Å². The number of aliphatic hydroxyl groups is 4. The molecule has 0 bridgehead atoms. The Morgan fingerprint density at radius 3 is 2.26 bits per heavy atom. The fraction of sp³-hybridized carbons (Fsp3) is 0.583. The van der Waals surface area contributed by atoms with Crippen LogP contribution in [0, 0.1) is 0 Å². The van der Waals surface area contributed by atoms with Gasteiger partial charge in [0.05, 0.1) is 23.3 Å². The third-order valence-electron chi connectivity index (χ3n) is 6.98. The second-order valence-electron chi connectivity index (χ2n) is 9.74. The number of aliphatic hydroxyl groups excluding tert-OH is 3. The quantitative estimate of drug-likeness (QED) is 0.289. The summed E-state index contributed by atoms with van der Waals surface area (Å²) in [5.41, 5.74) is -6.93. The number of pyridine rings is 1. The lowest BCUT2D eigenvalue weighted by atomic mass is 9.79. The number of hydrogen-bond acceptors (Lipinski definition) is 8. The number of nitrogens with one attached hydrogen (secondary N) is 1. The molecule has 2 fully saturated rings. The van der Waals surface area contributed by atoms with Crippen molar-refractivity contribution in [1.82, 2.24) is 10.3 Å². The van der Waals surface area contributed by atoms with Gasteiger partial charge in [-0.3, -0.25) is 0 Å². The van der Waals surface area contributed by atoms with E-state index in [4.69, 9.17) is 4.74 Å². The fourth-order valence-corrected chi connectivity index (χ4v) is 5.05. The van der Waals surface area contributed by atoms with Gasteiger partial charge in [-0.25, -0.2) is 9.78 Å². The first-order valence-corrected chi connectivity index (χ1v) is 11.9. The van der Waals surface area contributed by atoms with E-state index in [9.17, 15) is 51.6 Å². The number of fused-ring (bicyclic) bond motifs is 1. The summed E-state index contributed by atoms with van der Waals surface area (Å²) >= 11 is 0. The second-order valence-corrected chi connectivity index (χ2v) is 9.74. The van der Waals surface area contributed by atoms with Crippen molar-refractivity contribution in [2.45, 2.75) is 80.5 Å². The lowest BCUT2D eigenvalue weighted by molar-refractivity contribution is -0.198. The molecular formula is C24H26F6N2O6. The Balaban J connectivity index is 1.86. The van der Waals surface area contributed by atoms with Gasteiger partial charge in [-0.1, -0.05) is 18.6 Å². The maximum atomic E-state index is 13.8. The van der Waals surface area contributed by atoms with E-state index in [1.54, 1.807) is 0 Å². The number of aromatic nitrogens is 1. The minimum Gasteiger partial charge on any atom is -0.454 e. The Hall–Kier alpha value is -2.52. The van der Waals surface area contributed by atoms with Crippen LogP contribution in [-0.2, 0) is 21.9 Å². The predicted molar refractivity (Wildman–Crippen MR) is 118 cm³/mol. The zero-order chi connectivity index (χ0) is 28.0. The highest BCUT2D eigenvalue weighted by Crippen LogP contribution is 2.42. The molecule has 0 spiro atoms. The smallest absolute Gasteiger partial charge is 0.433 e. The van der Waals surface area contributed by atoms with Crippen LogP contribution >= 0.6 is 0 Å². The number of piperidine rings is 1. The molecule has 2 heterocycles. The SMILES string of the molecule is O=C(OC(c1cc(C(F)(F)F)nc2c(C(F)(F)F)cccc12)C1CCCCN1)C1(O)C[C@@H](O)C(O)[C@H](O)C1. The maximum Gasteiger partial charge on any atom is 0.433 e. The monoisotopic (exact) mass is 552 g/mol. The lowest BCUT2D eigenvalue weighted by Gasteiger charge is -2.40. The number of carbonyl (C=O) groups excluding carboxylic acids is 1. The van der Waals surface area contributed by atoms with Gasteiger partial charge < -0.3 is 30.5 Å². The summed E-state index contributed by atoms with van der Waals surface area (Å²) in [7, 11) is 0. The van der Waals surface area contributed by atoms with E-state index in [1.807, 2.05) is 0 Å². The van der Waals surface area contributed by atoms with Crippen LogP contribution in [0.1, 0.15) is 55.0 Å². The van der Waals surface area contributed by atoms with E-state index >= 15 is 0 Å². The Morgan fingerprint density at radius 2 is 1.71 bits per heavy atom. The van der Waals surface area contributed by atoms with Crippen molar-refractivity contribution >= 4 is 16.9 Å². The number of esters is 1. The molecule has 1 aromatic carbocycles. The van der Waals surface area contributed by atoms with E-state index in [1.165, 1.54) is 0 Å². The molecule has 2 unspecified atom stereocenters. The summed E-state index contributed by atoms with van der Waals surface area (Å²) in [5.74, 6) is -1.41. The van der Waals surface area contributed by atoms with Crippen molar-refractivity contribution in [1.29, 1.82) is 0 Å². The molecule has 2 aromatic rings. The Kier molecular flexibility index (Phi) is 7.67. The molecule has 210 valence electrons. The number of alkyl halides is 6. The van der Waals surface area contributed by atoms with Crippen molar-refractivity contribution in [3.8, 4) is 0 Å². The van der Waals surface area contributed by atoms with Crippen molar-refractivity contribution in [2.75, 3.05) is 6.54 Å². The molecule has 0 amide bonds. The molecule has 1 aliphatic heterocycles. The van der Waals surface area contributed by atoms with Crippen molar-refractivity contribution < 1.29 is 56.3 Å².